The quantitative estimate of drug-likeness (QED) is 0.141. The number of ether oxygens (including phenoxy) is 3. The number of nitrogens with one attached hydrogen (secondary N) is 1. The SMILES string of the molecule is CCOc1cc(/C=C2\NC(=O)N(Cc3ccc(C(=O)OC)o3)C2=O)cc(I)c1OCc1ccc(C(=O)O)cc1. The standard InChI is InChI=1S/C27H23IN2O9/c1-3-37-22-12-16(10-19(28)23(22)38-14-15-4-6-17(7-5-15)25(32)33)11-20-24(31)30(27(35)29-20)13-18-8-9-21(39-18)26(34)36-2/h4-12H,3,13-14H2,1-2H3,(H,29,35)(H,32,33)/b20-11-. The first-order valence-electron chi connectivity index (χ1n) is 11.6. The highest BCUT2D eigenvalue weighted by molar-refractivity contribution is 14.1. The van der Waals surface area contributed by atoms with Crippen LogP contribution in [-0.2, 0) is 22.7 Å². The third-order valence-electron chi connectivity index (χ3n) is 5.55. The van der Waals surface area contributed by atoms with E-state index in [2.05, 4.69) is 32.6 Å². The van der Waals surface area contributed by atoms with Crippen molar-refractivity contribution in [3.8, 4) is 11.5 Å². The van der Waals surface area contributed by atoms with Crippen LogP contribution in [0, 0.1) is 3.57 Å². The molecule has 11 nitrogen and oxygen atoms in total. The Morgan fingerprint density at radius 3 is 2.51 bits per heavy atom. The van der Waals surface area contributed by atoms with E-state index in [-0.39, 0.29) is 35.9 Å². The van der Waals surface area contributed by atoms with E-state index in [0.717, 1.165) is 10.5 Å². The van der Waals surface area contributed by atoms with Crippen molar-refractivity contribution in [1.29, 1.82) is 0 Å². The zero-order chi connectivity index (χ0) is 28.1. The van der Waals surface area contributed by atoms with E-state index in [1.807, 2.05) is 6.92 Å². The lowest BCUT2D eigenvalue weighted by Gasteiger charge is -2.15. The van der Waals surface area contributed by atoms with Gasteiger partial charge in [0.15, 0.2) is 11.5 Å². The van der Waals surface area contributed by atoms with Gasteiger partial charge in [0.25, 0.3) is 5.91 Å². The number of carboxylic acids is 1. The van der Waals surface area contributed by atoms with Gasteiger partial charge < -0.3 is 29.1 Å². The monoisotopic (exact) mass is 646 g/mol. The van der Waals surface area contributed by atoms with E-state index < -0.39 is 23.9 Å². The Hall–Kier alpha value is -4.33. The molecule has 0 atom stereocenters. The van der Waals surface area contributed by atoms with Crippen LogP contribution in [0.15, 0.2) is 58.6 Å². The van der Waals surface area contributed by atoms with Gasteiger partial charge in [0.1, 0.15) is 18.1 Å². The van der Waals surface area contributed by atoms with Crippen molar-refractivity contribution in [2.75, 3.05) is 13.7 Å². The number of aromatic carboxylic acids is 1. The Morgan fingerprint density at radius 1 is 1.10 bits per heavy atom. The summed E-state index contributed by atoms with van der Waals surface area (Å²) in [5.74, 6) is -1.09. The minimum atomic E-state index is -1.01. The molecule has 1 aliphatic rings. The number of carbonyl (C=O) groups is 4. The normalized spacial score (nSPS) is 13.9. The molecule has 1 saturated heterocycles. The summed E-state index contributed by atoms with van der Waals surface area (Å²) < 4.78 is 22.4. The van der Waals surface area contributed by atoms with Crippen molar-refractivity contribution in [1.82, 2.24) is 10.2 Å². The summed E-state index contributed by atoms with van der Waals surface area (Å²) in [5, 5.41) is 11.6. The fourth-order valence-corrected chi connectivity index (χ4v) is 4.47. The van der Waals surface area contributed by atoms with Crippen molar-refractivity contribution < 1.29 is 42.9 Å². The van der Waals surface area contributed by atoms with Crippen LogP contribution in [0.3, 0.4) is 0 Å². The van der Waals surface area contributed by atoms with Crippen LogP contribution in [0.4, 0.5) is 4.79 Å². The Bertz CT molecular complexity index is 1460. The molecule has 2 aromatic carbocycles. The van der Waals surface area contributed by atoms with Gasteiger partial charge in [-0.25, -0.2) is 14.4 Å². The lowest BCUT2D eigenvalue weighted by atomic mass is 10.1. The van der Waals surface area contributed by atoms with Gasteiger partial charge in [0.05, 0.1) is 29.4 Å². The molecule has 0 unspecified atom stereocenters. The number of imide groups is 1. The van der Waals surface area contributed by atoms with Gasteiger partial charge in [-0.1, -0.05) is 12.1 Å². The summed E-state index contributed by atoms with van der Waals surface area (Å²) in [6, 6.07) is 12.1. The lowest BCUT2D eigenvalue weighted by Crippen LogP contribution is -2.30. The number of amides is 3. The molecule has 39 heavy (non-hydrogen) atoms. The van der Waals surface area contributed by atoms with Crippen LogP contribution >= 0.6 is 22.6 Å². The number of carboxylic acid groups (broad SMARTS) is 1. The first-order chi connectivity index (χ1) is 18.7. The van der Waals surface area contributed by atoms with E-state index in [0.29, 0.717) is 27.2 Å². The molecule has 1 fully saturated rings. The Labute approximate surface area is 236 Å². The minimum Gasteiger partial charge on any atom is -0.490 e. The Morgan fingerprint density at radius 2 is 1.85 bits per heavy atom. The predicted octanol–water partition coefficient (Wildman–Crippen LogP) is 4.44. The summed E-state index contributed by atoms with van der Waals surface area (Å²) in [6.45, 7) is 2.20. The molecule has 2 heterocycles. The fraction of sp³-hybridized carbons (Fsp3) is 0.185. The number of furan rings is 1. The molecule has 1 aromatic heterocycles. The highest BCUT2D eigenvalue weighted by Gasteiger charge is 2.34. The first kappa shape index (κ1) is 27.7. The number of methoxy groups -OCH3 is 1. The molecule has 0 saturated carbocycles. The average molecular weight is 646 g/mol. The Kier molecular flexibility index (Phi) is 8.54. The third-order valence-corrected chi connectivity index (χ3v) is 6.35. The summed E-state index contributed by atoms with van der Waals surface area (Å²) in [7, 11) is 1.22. The largest absolute Gasteiger partial charge is 0.490 e. The van der Waals surface area contributed by atoms with E-state index in [9.17, 15) is 19.2 Å². The molecule has 202 valence electrons. The smallest absolute Gasteiger partial charge is 0.373 e. The Balaban J connectivity index is 1.51. The highest BCUT2D eigenvalue weighted by atomic mass is 127. The molecule has 2 N–H and O–H groups in total. The van der Waals surface area contributed by atoms with Crippen molar-refractivity contribution in [3.05, 3.63) is 86.0 Å². The molecular formula is C27H23IN2O9. The van der Waals surface area contributed by atoms with Gasteiger partial charge in [-0.15, -0.1) is 0 Å². The van der Waals surface area contributed by atoms with Crippen molar-refractivity contribution in [2.45, 2.75) is 20.1 Å². The molecule has 0 bridgehead atoms. The van der Waals surface area contributed by atoms with E-state index in [4.69, 9.17) is 19.0 Å². The van der Waals surface area contributed by atoms with Crippen LogP contribution in [0.1, 0.15) is 44.7 Å². The number of carbonyl (C=O) groups excluding carboxylic acids is 3. The number of esters is 1. The fourth-order valence-electron chi connectivity index (χ4n) is 3.68. The number of halogens is 1. The molecule has 3 aromatic rings. The summed E-state index contributed by atoms with van der Waals surface area (Å²) in [4.78, 5) is 49.1. The van der Waals surface area contributed by atoms with Crippen LogP contribution in [-0.4, -0.2) is 47.6 Å². The number of urea groups is 1. The molecule has 0 aliphatic carbocycles. The minimum absolute atomic E-state index is 0.0343. The molecule has 0 spiro atoms. The third kappa shape index (κ3) is 6.39. The predicted molar refractivity (Wildman–Crippen MR) is 145 cm³/mol. The number of rotatable bonds is 10. The number of hydrogen-bond donors (Lipinski definition) is 2. The number of hydrogen-bond acceptors (Lipinski definition) is 8. The molecule has 1 aliphatic heterocycles. The van der Waals surface area contributed by atoms with Gasteiger partial charge >= 0.3 is 18.0 Å². The highest BCUT2D eigenvalue weighted by Crippen LogP contribution is 2.36. The van der Waals surface area contributed by atoms with Crippen molar-refractivity contribution in [2.24, 2.45) is 0 Å². The van der Waals surface area contributed by atoms with Crippen LogP contribution in [0.25, 0.3) is 6.08 Å². The zero-order valence-corrected chi connectivity index (χ0v) is 23.0. The summed E-state index contributed by atoms with van der Waals surface area (Å²) in [6.07, 6.45) is 1.53. The topological polar surface area (TPSA) is 145 Å². The zero-order valence-electron chi connectivity index (χ0n) is 20.9. The molecular weight excluding hydrogens is 623 g/mol. The van der Waals surface area contributed by atoms with Gasteiger partial charge in [0, 0.05) is 0 Å². The van der Waals surface area contributed by atoms with Gasteiger partial charge in [-0.05, 0) is 83.1 Å². The average Bonchev–Trinajstić information content (AvgIpc) is 3.48. The van der Waals surface area contributed by atoms with Crippen LogP contribution in [0.2, 0.25) is 0 Å². The number of benzene rings is 2. The van der Waals surface area contributed by atoms with E-state index in [1.54, 1.807) is 24.3 Å². The second kappa shape index (κ2) is 12.0. The van der Waals surface area contributed by atoms with E-state index in [1.165, 1.54) is 37.5 Å². The number of nitrogens with zero attached hydrogens (tertiary/aromatic N) is 1. The molecule has 3 amide bonds. The molecule has 4 rings (SSSR count). The summed E-state index contributed by atoms with van der Waals surface area (Å²) in [5.41, 5.74) is 1.62. The van der Waals surface area contributed by atoms with Crippen LogP contribution < -0.4 is 14.8 Å². The van der Waals surface area contributed by atoms with Gasteiger partial charge in [-0.2, -0.15) is 0 Å². The molecule has 0 radical (unpaired) electrons. The second-order valence-corrected chi connectivity index (χ2v) is 9.35. The maximum Gasteiger partial charge on any atom is 0.373 e. The lowest BCUT2D eigenvalue weighted by molar-refractivity contribution is -0.123. The maximum atomic E-state index is 13.0. The summed E-state index contributed by atoms with van der Waals surface area (Å²) >= 11 is 2.09. The van der Waals surface area contributed by atoms with Crippen molar-refractivity contribution in [3.63, 3.8) is 0 Å². The van der Waals surface area contributed by atoms with Gasteiger partial charge in [0.2, 0.25) is 5.76 Å². The molecule has 12 heteroatoms. The maximum absolute atomic E-state index is 13.0. The van der Waals surface area contributed by atoms with Gasteiger partial charge in [-0.3, -0.25) is 9.69 Å². The van der Waals surface area contributed by atoms with Crippen LogP contribution in [0.5, 0.6) is 11.5 Å². The second-order valence-electron chi connectivity index (χ2n) is 8.19. The van der Waals surface area contributed by atoms with Crippen molar-refractivity contribution >= 4 is 52.5 Å². The first-order valence-corrected chi connectivity index (χ1v) is 12.7. The van der Waals surface area contributed by atoms with E-state index >= 15 is 0 Å².